The lowest BCUT2D eigenvalue weighted by molar-refractivity contribution is -0.384. The van der Waals surface area contributed by atoms with Crippen molar-refractivity contribution >= 4 is 5.69 Å². The van der Waals surface area contributed by atoms with Gasteiger partial charge in [-0.1, -0.05) is 26.0 Å². The molecule has 4 heteroatoms. The molecule has 0 saturated carbocycles. The van der Waals surface area contributed by atoms with Gasteiger partial charge < -0.3 is 5.32 Å². The van der Waals surface area contributed by atoms with Crippen molar-refractivity contribution in [2.75, 3.05) is 6.54 Å². The zero-order valence-electron chi connectivity index (χ0n) is 10.6. The van der Waals surface area contributed by atoms with Crippen LogP contribution < -0.4 is 5.32 Å². The van der Waals surface area contributed by atoms with Crippen LogP contribution >= 0.6 is 0 Å². The van der Waals surface area contributed by atoms with Crippen LogP contribution in [-0.4, -0.2) is 11.5 Å². The van der Waals surface area contributed by atoms with E-state index in [0.717, 1.165) is 18.5 Å². The number of nitrogens with zero attached hydrogens (tertiary/aromatic N) is 1. The third-order valence-corrected chi connectivity index (χ3v) is 2.75. The molecule has 1 unspecified atom stereocenters. The number of hydrogen-bond acceptors (Lipinski definition) is 3. The molecule has 94 valence electrons. The van der Waals surface area contributed by atoms with E-state index in [-0.39, 0.29) is 16.7 Å². The van der Waals surface area contributed by atoms with Gasteiger partial charge in [-0.05, 0) is 31.4 Å². The molecule has 1 aromatic carbocycles. The predicted molar refractivity (Wildman–Crippen MR) is 69.0 cm³/mol. The summed E-state index contributed by atoms with van der Waals surface area (Å²) in [5, 5.41) is 14.0. The van der Waals surface area contributed by atoms with Crippen LogP contribution in [0.4, 0.5) is 5.69 Å². The van der Waals surface area contributed by atoms with E-state index < -0.39 is 0 Å². The van der Waals surface area contributed by atoms with Gasteiger partial charge >= 0.3 is 0 Å². The topological polar surface area (TPSA) is 55.2 Å². The minimum atomic E-state index is -0.357. The Hall–Kier alpha value is -1.42. The molecule has 1 aromatic rings. The Kier molecular flexibility index (Phi) is 5.10. The number of benzene rings is 1. The number of nitro benzene ring substituents is 1. The summed E-state index contributed by atoms with van der Waals surface area (Å²) < 4.78 is 0. The molecule has 0 aromatic heterocycles. The molecule has 1 rings (SSSR count). The molecule has 1 N–H and O–H groups in total. The van der Waals surface area contributed by atoms with Crippen LogP contribution in [0.15, 0.2) is 24.3 Å². The quantitative estimate of drug-likeness (QED) is 0.609. The van der Waals surface area contributed by atoms with E-state index in [1.165, 1.54) is 6.07 Å². The summed E-state index contributed by atoms with van der Waals surface area (Å²) in [6.45, 7) is 7.32. The molecule has 0 heterocycles. The zero-order chi connectivity index (χ0) is 12.8. The van der Waals surface area contributed by atoms with Crippen LogP contribution in [0.2, 0.25) is 0 Å². The Bertz CT molecular complexity index is 377. The van der Waals surface area contributed by atoms with Gasteiger partial charge in [0.25, 0.3) is 5.69 Å². The maximum absolute atomic E-state index is 10.7. The van der Waals surface area contributed by atoms with Crippen molar-refractivity contribution in [1.29, 1.82) is 0 Å². The van der Waals surface area contributed by atoms with Crippen molar-refractivity contribution in [2.24, 2.45) is 5.92 Å². The van der Waals surface area contributed by atoms with E-state index in [2.05, 4.69) is 19.2 Å². The molecule has 0 aliphatic rings. The third-order valence-electron chi connectivity index (χ3n) is 2.75. The summed E-state index contributed by atoms with van der Waals surface area (Å²) in [6, 6.07) is 6.94. The Morgan fingerprint density at radius 2 is 2.06 bits per heavy atom. The summed E-state index contributed by atoms with van der Waals surface area (Å²) in [7, 11) is 0. The molecule has 0 fully saturated rings. The fraction of sp³-hybridized carbons (Fsp3) is 0.538. The van der Waals surface area contributed by atoms with Crippen molar-refractivity contribution in [1.82, 2.24) is 5.32 Å². The number of rotatable bonds is 6. The van der Waals surface area contributed by atoms with Crippen molar-refractivity contribution in [3.8, 4) is 0 Å². The summed E-state index contributed by atoms with van der Waals surface area (Å²) in [6.07, 6.45) is 1.11. The Morgan fingerprint density at radius 3 is 2.65 bits per heavy atom. The van der Waals surface area contributed by atoms with Gasteiger partial charge in [0.1, 0.15) is 0 Å². The first-order valence-corrected chi connectivity index (χ1v) is 5.98. The van der Waals surface area contributed by atoms with E-state index in [4.69, 9.17) is 0 Å². The lowest BCUT2D eigenvalue weighted by Gasteiger charge is -2.14. The van der Waals surface area contributed by atoms with Gasteiger partial charge in [0.2, 0.25) is 0 Å². The fourth-order valence-corrected chi connectivity index (χ4v) is 1.61. The fourth-order valence-electron chi connectivity index (χ4n) is 1.61. The predicted octanol–water partition coefficient (Wildman–Crippen LogP) is 3.29. The van der Waals surface area contributed by atoms with Gasteiger partial charge in [-0.25, -0.2) is 0 Å². The summed E-state index contributed by atoms with van der Waals surface area (Å²) in [4.78, 5) is 10.3. The van der Waals surface area contributed by atoms with E-state index in [1.54, 1.807) is 12.1 Å². The molecular weight excluding hydrogens is 216 g/mol. The molecule has 4 nitrogen and oxygen atoms in total. The highest BCUT2D eigenvalue weighted by Gasteiger charge is 2.10. The van der Waals surface area contributed by atoms with Crippen LogP contribution in [0.25, 0.3) is 0 Å². The van der Waals surface area contributed by atoms with Crippen LogP contribution in [0, 0.1) is 16.0 Å². The van der Waals surface area contributed by atoms with Crippen molar-refractivity contribution < 1.29 is 4.92 Å². The SMILES string of the molecule is CC(C)CCNC(C)c1cccc([N+](=O)[O-])c1. The largest absolute Gasteiger partial charge is 0.310 e. The van der Waals surface area contributed by atoms with Crippen LogP contribution in [-0.2, 0) is 0 Å². The average Bonchev–Trinajstić information content (AvgIpc) is 2.28. The summed E-state index contributed by atoms with van der Waals surface area (Å²) >= 11 is 0. The summed E-state index contributed by atoms with van der Waals surface area (Å²) in [5.74, 6) is 0.666. The number of hydrogen-bond donors (Lipinski definition) is 1. The average molecular weight is 236 g/mol. The van der Waals surface area contributed by atoms with E-state index in [1.807, 2.05) is 13.0 Å². The molecule has 17 heavy (non-hydrogen) atoms. The smallest absolute Gasteiger partial charge is 0.269 e. The second-order valence-electron chi connectivity index (χ2n) is 4.71. The highest BCUT2D eigenvalue weighted by atomic mass is 16.6. The van der Waals surface area contributed by atoms with Gasteiger partial charge in [0, 0.05) is 18.2 Å². The molecule has 0 aliphatic carbocycles. The molecule has 0 spiro atoms. The first-order valence-electron chi connectivity index (χ1n) is 5.98. The Balaban J connectivity index is 2.59. The van der Waals surface area contributed by atoms with Gasteiger partial charge in [-0.3, -0.25) is 10.1 Å². The Morgan fingerprint density at radius 1 is 1.35 bits per heavy atom. The Labute approximate surface area is 102 Å². The monoisotopic (exact) mass is 236 g/mol. The second kappa shape index (κ2) is 6.35. The zero-order valence-corrected chi connectivity index (χ0v) is 10.6. The highest BCUT2D eigenvalue weighted by Crippen LogP contribution is 2.18. The maximum Gasteiger partial charge on any atom is 0.269 e. The van der Waals surface area contributed by atoms with Crippen LogP contribution in [0.1, 0.15) is 38.8 Å². The van der Waals surface area contributed by atoms with Gasteiger partial charge in [-0.2, -0.15) is 0 Å². The van der Waals surface area contributed by atoms with E-state index in [9.17, 15) is 10.1 Å². The maximum atomic E-state index is 10.7. The number of non-ortho nitro benzene ring substituents is 1. The van der Waals surface area contributed by atoms with Crippen LogP contribution in [0.5, 0.6) is 0 Å². The number of nitro groups is 1. The normalized spacial score (nSPS) is 12.7. The summed E-state index contributed by atoms with van der Waals surface area (Å²) in [5.41, 5.74) is 1.11. The molecule has 0 amide bonds. The van der Waals surface area contributed by atoms with Crippen molar-refractivity contribution in [3.63, 3.8) is 0 Å². The second-order valence-corrected chi connectivity index (χ2v) is 4.71. The molecule has 0 saturated heterocycles. The van der Waals surface area contributed by atoms with Crippen molar-refractivity contribution in [3.05, 3.63) is 39.9 Å². The van der Waals surface area contributed by atoms with Gasteiger partial charge in [0.05, 0.1) is 4.92 Å². The lowest BCUT2D eigenvalue weighted by atomic mass is 10.1. The lowest BCUT2D eigenvalue weighted by Crippen LogP contribution is -2.21. The molecule has 0 radical (unpaired) electrons. The van der Waals surface area contributed by atoms with Gasteiger partial charge in [-0.15, -0.1) is 0 Å². The first kappa shape index (κ1) is 13.6. The van der Waals surface area contributed by atoms with Crippen molar-refractivity contribution in [2.45, 2.75) is 33.2 Å². The third kappa shape index (κ3) is 4.53. The van der Waals surface area contributed by atoms with E-state index >= 15 is 0 Å². The van der Waals surface area contributed by atoms with Gasteiger partial charge in [0.15, 0.2) is 0 Å². The molecule has 0 bridgehead atoms. The molecular formula is C13H20N2O2. The standard InChI is InChI=1S/C13H20N2O2/c1-10(2)7-8-14-11(3)12-5-4-6-13(9-12)15(16)17/h4-6,9-11,14H,7-8H2,1-3H3. The minimum absolute atomic E-state index is 0.147. The first-order chi connectivity index (χ1) is 8.00. The van der Waals surface area contributed by atoms with E-state index in [0.29, 0.717) is 5.92 Å². The van der Waals surface area contributed by atoms with Crippen LogP contribution in [0.3, 0.4) is 0 Å². The highest BCUT2D eigenvalue weighted by molar-refractivity contribution is 5.35. The molecule has 0 aliphatic heterocycles. The number of nitrogens with one attached hydrogen (secondary N) is 1. The minimum Gasteiger partial charge on any atom is -0.310 e. The molecule has 1 atom stereocenters.